The third-order valence-electron chi connectivity index (χ3n) is 3.36. The van der Waals surface area contributed by atoms with Gasteiger partial charge in [-0.05, 0) is 48.0 Å². The monoisotopic (exact) mass is 353 g/mol. The topological polar surface area (TPSA) is 114 Å². The fraction of sp³-hybridized carbons (Fsp3) is 0.105. The molecule has 134 valence electrons. The van der Waals surface area contributed by atoms with Gasteiger partial charge < -0.3 is 20.5 Å². The number of nitrogens with one attached hydrogen (secondary N) is 2. The summed E-state index contributed by atoms with van der Waals surface area (Å²) in [5, 5.41) is 10.0. The van der Waals surface area contributed by atoms with Crippen molar-refractivity contribution in [2.45, 2.75) is 0 Å². The van der Waals surface area contributed by atoms with Crippen LogP contribution in [0.4, 0.5) is 5.69 Å². The fourth-order valence-electron chi connectivity index (χ4n) is 1.97. The highest BCUT2D eigenvalue weighted by Crippen LogP contribution is 2.14. The maximum Gasteiger partial charge on any atom is 0.343 e. The number of nitrogen functional groups attached to an aromatic ring is 1. The molecule has 26 heavy (non-hydrogen) atoms. The van der Waals surface area contributed by atoms with Gasteiger partial charge in [0.1, 0.15) is 11.6 Å². The molecule has 2 rings (SSSR count). The number of anilines is 1. The zero-order valence-electron chi connectivity index (χ0n) is 14.2. The van der Waals surface area contributed by atoms with Crippen molar-refractivity contribution in [1.82, 2.24) is 0 Å². The molecule has 0 bridgehead atoms. The number of hydrogen-bond donors (Lipinski definition) is 3. The molecule has 0 radical (unpaired) electrons. The number of ether oxygens (including phenoxy) is 2. The van der Waals surface area contributed by atoms with Gasteiger partial charge >= 0.3 is 5.97 Å². The Kier molecular flexibility index (Phi) is 6.50. The maximum atomic E-state index is 11.9. The number of esters is 1. The van der Waals surface area contributed by atoms with Gasteiger partial charge in [-0.3, -0.25) is 10.2 Å². The highest BCUT2D eigenvalue weighted by molar-refractivity contribution is 6.02. The van der Waals surface area contributed by atoms with Crippen LogP contribution in [0.25, 0.3) is 6.08 Å². The standard InChI is InChI=1S/C19H19N3O4/c1-25-18(24)12-26-16-9-2-13(3-10-16)4-11-17(23)22-15-7-5-14(6-8-15)19(20)21/h2-11H,12H2,1H3,(H3,20,21)(H,22,23). The van der Waals surface area contributed by atoms with Crippen molar-refractivity contribution in [3.8, 4) is 5.75 Å². The molecule has 2 aromatic carbocycles. The number of hydrogen-bond acceptors (Lipinski definition) is 5. The van der Waals surface area contributed by atoms with Crippen LogP contribution in [0.3, 0.4) is 0 Å². The molecule has 4 N–H and O–H groups in total. The average molecular weight is 353 g/mol. The molecule has 0 atom stereocenters. The lowest BCUT2D eigenvalue weighted by atomic mass is 10.2. The number of amides is 1. The smallest absolute Gasteiger partial charge is 0.343 e. The summed E-state index contributed by atoms with van der Waals surface area (Å²) in [6, 6.07) is 13.6. The normalized spacial score (nSPS) is 10.3. The Hall–Kier alpha value is -3.61. The minimum atomic E-state index is -0.457. The largest absolute Gasteiger partial charge is 0.482 e. The second kappa shape index (κ2) is 9.03. The van der Waals surface area contributed by atoms with E-state index < -0.39 is 5.97 Å². The second-order valence-electron chi connectivity index (χ2n) is 5.25. The van der Waals surface area contributed by atoms with Crippen molar-refractivity contribution >= 4 is 29.5 Å². The predicted molar refractivity (Wildman–Crippen MR) is 99.1 cm³/mol. The number of amidine groups is 1. The van der Waals surface area contributed by atoms with Crippen molar-refractivity contribution in [2.75, 3.05) is 19.0 Å². The number of rotatable bonds is 7. The van der Waals surface area contributed by atoms with Crippen LogP contribution >= 0.6 is 0 Å². The molecule has 0 aromatic heterocycles. The van der Waals surface area contributed by atoms with Gasteiger partial charge in [-0.1, -0.05) is 12.1 Å². The van der Waals surface area contributed by atoms with Crippen molar-refractivity contribution < 1.29 is 19.1 Å². The maximum absolute atomic E-state index is 11.9. The molecule has 7 nitrogen and oxygen atoms in total. The van der Waals surface area contributed by atoms with E-state index in [-0.39, 0.29) is 18.3 Å². The van der Waals surface area contributed by atoms with Gasteiger partial charge in [-0.25, -0.2) is 4.79 Å². The molecule has 0 heterocycles. The van der Waals surface area contributed by atoms with Crippen LogP contribution in [0.1, 0.15) is 11.1 Å². The highest BCUT2D eigenvalue weighted by Gasteiger charge is 2.02. The molecule has 0 aliphatic carbocycles. The molecule has 0 saturated heterocycles. The van der Waals surface area contributed by atoms with E-state index in [2.05, 4.69) is 10.1 Å². The summed E-state index contributed by atoms with van der Waals surface area (Å²) < 4.78 is 9.73. The third kappa shape index (κ3) is 5.79. The van der Waals surface area contributed by atoms with Crippen LogP contribution in [-0.2, 0) is 14.3 Å². The number of benzene rings is 2. The van der Waals surface area contributed by atoms with Crippen molar-refractivity contribution in [3.63, 3.8) is 0 Å². The fourth-order valence-corrected chi connectivity index (χ4v) is 1.97. The van der Waals surface area contributed by atoms with Gasteiger partial charge in [0, 0.05) is 17.3 Å². The summed E-state index contributed by atoms with van der Waals surface area (Å²) >= 11 is 0. The molecular weight excluding hydrogens is 334 g/mol. The lowest BCUT2D eigenvalue weighted by Crippen LogP contribution is -2.12. The van der Waals surface area contributed by atoms with Crippen LogP contribution in [0.5, 0.6) is 5.75 Å². The molecule has 0 aliphatic rings. The SMILES string of the molecule is COC(=O)COc1ccc(C=CC(=O)Nc2ccc(C(=N)N)cc2)cc1. The molecule has 0 aliphatic heterocycles. The van der Waals surface area contributed by atoms with E-state index in [0.717, 1.165) is 5.56 Å². The summed E-state index contributed by atoms with van der Waals surface area (Å²) in [6.07, 6.45) is 3.06. The lowest BCUT2D eigenvalue weighted by Gasteiger charge is -2.05. The second-order valence-corrected chi connectivity index (χ2v) is 5.25. The Morgan fingerprint density at radius 3 is 2.35 bits per heavy atom. The molecule has 0 spiro atoms. The first-order valence-corrected chi connectivity index (χ1v) is 7.71. The average Bonchev–Trinajstić information content (AvgIpc) is 2.65. The highest BCUT2D eigenvalue weighted by atomic mass is 16.6. The predicted octanol–water partition coefficient (Wildman–Crippen LogP) is 2.17. The van der Waals surface area contributed by atoms with Gasteiger partial charge in [0.05, 0.1) is 7.11 Å². The van der Waals surface area contributed by atoms with Crippen LogP contribution in [-0.4, -0.2) is 31.4 Å². The summed E-state index contributed by atoms with van der Waals surface area (Å²) in [6.45, 7) is -0.156. The molecule has 7 heteroatoms. The Morgan fingerprint density at radius 1 is 1.12 bits per heavy atom. The van der Waals surface area contributed by atoms with E-state index in [1.54, 1.807) is 54.6 Å². The number of carbonyl (C=O) groups is 2. The van der Waals surface area contributed by atoms with Gasteiger partial charge in [0.15, 0.2) is 6.61 Å². The molecule has 0 fully saturated rings. The van der Waals surface area contributed by atoms with E-state index in [9.17, 15) is 9.59 Å². The quantitative estimate of drug-likeness (QED) is 0.305. The van der Waals surface area contributed by atoms with Crippen LogP contribution in [0, 0.1) is 5.41 Å². The van der Waals surface area contributed by atoms with Gasteiger partial charge in [-0.15, -0.1) is 0 Å². The number of nitrogens with two attached hydrogens (primary N) is 1. The Morgan fingerprint density at radius 2 is 1.77 bits per heavy atom. The van der Waals surface area contributed by atoms with E-state index in [1.807, 2.05) is 0 Å². The van der Waals surface area contributed by atoms with Gasteiger partial charge in [0.25, 0.3) is 0 Å². The van der Waals surface area contributed by atoms with Crippen molar-refractivity contribution in [2.24, 2.45) is 5.73 Å². The Labute approximate surface area is 150 Å². The summed E-state index contributed by atoms with van der Waals surface area (Å²) in [7, 11) is 1.29. The summed E-state index contributed by atoms with van der Waals surface area (Å²) in [4.78, 5) is 23.0. The first-order chi connectivity index (χ1) is 12.5. The minimum absolute atomic E-state index is 0.0261. The molecule has 0 unspecified atom stereocenters. The van der Waals surface area contributed by atoms with Crippen LogP contribution < -0.4 is 15.8 Å². The van der Waals surface area contributed by atoms with Crippen molar-refractivity contribution in [3.05, 3.63) is 65.7 Å². The molecule has 1 amide bonds. The molecule has 0 saturated carbocycles. The van der Waals surface area contributed by atoms with Crippen LogP contribution in [0.2, 0.25) is 0 Å². The first-order valence-electron chi connectivity index (χ1n) is 7.71. The van der Waals surface area contributed by atoms with Crippen LogP contribution in [0.15, 0.2) is 54.6 Å². The number of carbonyl (C=O) groups excluding carboxylic acids is 2. The third-order valence-corrected chi connectivity index (χ3v) is 3.36. The summed E-state index contributed by atoms with van der Waals surface area (Å²) in [5.74, 6) is -0.238. The van der Waals surface area contributed by atoms with E-state index in [0.29, 0.717) is 17.0 Å². The Bertz CT molecular complexity index is 812. The van der Waals surface area contributed by atoms with Gasteiger partial charge in [0.2, 0.25) is 5.91 Å². The summed E-state index contributed by atoms with van der Waals surface area (Å²) in [5.41, 5.74) is 7.38. The number of methoxy groups -OCH3 is 1. The van der Waals surface area contributed by atoms with E-state index >= 15 is 0 Å². The van der Waals surface area contributed by atoms with E-state index in [1.165, 1.54) is 13.2 Å². The molecule has 2 aromatic rings. The molecular formula is C19H19N3O4. The first kappa shape index (κ1) is 18.7. The van der Waals surface area contributed by atoms with E-state index in [4.69, 9.17) is 15.9 Å². The van der Waals surface area contributed by atoms with Crippen molar-refractivity contribution in [1.29, 1.82) is 5.41 Å². The Balaban J connectivity index is 1.89. The van der Waals surface area contributed by atoms with Gasteiger partial charge in [-0.2, -0.15) is 0 Å². The lowest BCUT2D eigenvalue weighted by molar-refractivity contribution is -0.142. The minimum Gasteiger partial charge on any atom is -0.482 e. The zero-order chi connectivity index (χ0) is 18.9. The zero-order valence-corrected chi connectivity index (χ0v) is 14.2.